The lowest BCUT2D eigenvalue weighted by atomic mass is 9.47. The largest absolute Gasteiger partial charge is 0.444 e. The number of nitrogens with one attached hydrogen (secondary N) is 2. The van der Waals surface area contributed by atoms with Crippen LogP contribution < -0.4 is 10.6 Å². The molecule has 0 saturated heterocycles. The molecular formula is C53H95N3O5S2. The Morgan fingerprint density at radius 2 is 1.38 bits per heavy atom. The topological polar surface area (TPSA) is 97.0 Å². The van der Waals surface area contributed by atoms with Gasteiger partial charge in [0.2, 0.25) is 5.91 Å². The first kappa shape index (κ1) is 54.1. The summed E-state index contributed by atoms with van der Waals surface area (Å²) in [5, 5.41) is 6.53. The van der Waals surface area contributed by atoms with Crippen molar-refractivity contribution in [3.05, 3.63) is 11.6 Å². The van der Waals surface area contributed by atoms with Crippen LogP contribution in [-0.2, 0) is 14.3 Å². The normalized spacial score (nSPS) is 28.5. The minimum atomic E-state index is -0.551. The quantitative estimate of drug-likeness (QED) is 0.0599. The highest BCUT2D eigenvalue weighted by molar-refractivity contribution is 8.76. The highest BCUT2D eigenvalue weighted by atomic mass is 33.1. The zero-order valence-electron chi connectivity index (χ0n) is 42.6. The van der Waals surface area contributed by atoms with Gasteiger partial charge >= 0.3 is 12.2 Å². The van der Waals surface area contributed by atoms with E-state index in [4.69, 9.17) is 9.47 Å². The maximum Gasteiger partial charge on any atom is 0.407 e. The van der Waals surface area contributed by atoms with Gasteiger partial charge in [0, 0.05) is 42.6 Å². The summed E-state index contributed by atoms with van der Waals surface area (Å²) in [4.78, 5) is 40.3. The minimum Gasteiger partial charge on any atom is -0.444 e. The van der Waals surface area contributed by atoms with Gasteiger partial charge in [-0.1, -0.05) is 113 Å². The van der Waals surface area contributed by atoms with E-state index in [2.05, 4.69) is 51.3 Å². The van der Waals surface area contributed by atoms with Crippen molar-refractivity contribution in [3.8, 4) is 0 Å². The lowest BCUT2D eigenvalue weighted by molar-refractivity contribution is -0.131. The number of fused-ring (bicyclic) bond motifs is 5. The molecule has 0 aromatic rings. The average Bonchev–Trinajstić information content (AvgIpc) is 3.52. The van der Waals surface area contributed by atoms with Crippen LogP contribution in [0.15, 0.2) is 11.6 Å². The number of hydrogen-bond donors (Lipinski definition) is 2. The van der Waals surface area contributed by atoms with Crippen LogP contribution in [0, 0.1) is 46.3 Å². The number of alkyl carbamates (subject to hydrolysis) is 2. The summed E-state index contributed by atoms with van der Waals surface area (Å²) < 4.78 is 10.9. The van der Waals surface area contributed by atoms with Crippen molar-refractivity contribution in [2.45, 2.75) is 241 Å². The van der Waals surface area contributed by atoms with E-state index >= 15 is 0 Å². The molecule has 0 spiro atoms. The highest BCUT2D eigenvalue weighted by Gasteiger charge is 2.59. The zero-order valence-corrected chi connectivity index (χ0v) is 44.3. The molecule has 10 heteroatoms. The first-order chi connectivity index (χ1) is 29.5. The predicted octanol–water partition coefficient (Wildman–Crippen LogP) is 14.6. The van der Waals surface area contributed by atoms with Gasteiger partial charge in [-0.2, -0.15) is 0 Å². The van der Waals surface area contributed by atoms with E-state index in [0.717, 1.165) is 86.3 Å². The van der Waals surface area contributed by atoms with Gasteiger partial charge in [0.25, 0.3) is 0 Å². The second-order valence-corrected chi connectivity index (χ2v) is 26.4. The number of amides is 3. The fraction of sp³-hybridized carbons (Fsp3) is 0.906. The van der Waals surface area contributed by atoms with Crippen LogP contribution in [0.2, 0.25) is 0 Å². The van der Waals surface area contributed by atoms with Crippen molar-refractivity contribution in [1.29, 1.82) is 0 Å². The van der Waals surface area contributed by atoms with Gasteiger partial charge in [0.15, 0.2) is 0 Å². The highest BCUT2D eigenvalue weighted by Crippen LogP contribution is 2.67. The van der Waals surface area contributed by atoms with E-state index in [1.807, 2.05) is 81.9 Å². The number of rotatable bonds is 23. The van der Waals surface area contributed by atoms with Crippen LogP contribution in [0.3, 0.4) is 0 Å². The fourth-order valence-corrected chi connectivity index (χ4v) is 14.9. The molecule has 10 atom stereocenters. The van der Waals surface area contributed by atoms with Crippen LogP contribution >= 0.6 is 21.6 Å². The zero-order chi connectivity index (χ0) is 46.6. The number of unbranched alkanes of at least 4 members (excludes halogenated alkanes) is 4. The number of allylic oxidation sites excluding steroid dienone is 2. The molecule has 8 nitrogen and oxygen atoms in total. The summed E-state index contributed by atoms with van der Waals surface area (Å²) >= 11 is 0. The SMILES string of the molecule is CC(C)CCC[C@@H](C)C1CCC2[C@@H]3CC=C4C[C@@H](SSCCC(=O)N(CCCCCCCC(C)NC(=O)OC(C)(C)C)CCC(C)NC(=O)OC(C)(C)C)CC[C@]4(C)C3CC[C@@]21C. The molecule has 0 aromatic heterocycles. The van der Waals surface area contributed by atoms with E-state index in [0.29, 0.717) is 35.5 Å². The van der Waals surface area contributed by atoms with E-state index in [1.165, 1.54) is 70.6 Å². The number of carbonyl (C=O) groups is 3. The van der Waals surface area contributed by atoms with Crippen molar-refractivity contribution in [2.24, 2.45) is 46.3 Å². The first-order valence-electron chi connectivity index (χ1n) is 25.7. The summed E-state index contributed by atoms with van der Waals surface area (Å²) in [6, 6.07) is -0.0264. The molecule has 4 aliphatic rings. The molecule has 63 heavy (non-hydrogen) atoms. The third kappa shape index (κ3) is 16.9. The predicted molar refractivity (Wildman–Crippen MR) is 268 cm³/mol. The van der Waals surface area contributed by atoms with Crippen LogP contribution in [0.4, 0.5) is 9.59 Å². The summed E-state index contributed by atoms with van der Waals surface area (Å²) in [6.45, 7) is 29.3. The maximum atomic E-state index is 13.8. The molecule has 4 aliphatic carbocycles. The van der Waals surface area contributed by atoms with Crippen molar-refractivity contribution in [3.63, 3.8) is 0 Å². The van der Waals surface area contributed by atoms with Crippen molar-refractivity contribution < 1.29 is 23.9 Å². The van der Waals surface area contributed by atoms with Crippen LogP contribution in [0.25, 0.3) is 0 Å². The van der Waals surface area contributed by atoms with Crippen molar-refractivity contribution in [2.75, 3.05) is 18.8 Å². The minimum absolute atomic E-state index is 0.0717. The molecule has 3 fully saturated rings. The second kappa shape index (κ2) is 24.5. The lowest BCUT2D eigenvalue weighted by Crippen LogP contribution is -2.50. The van der Waals surface area contributed by atoms with Crippen molar-refractivity contribution in [1.82, 2.24) is 15.5 Å². The third-order valence-corrected chi connectivity index (χ3v) is 18.5. The average molecular weight is 918 g/mol. The van der Waals surface area contributed by atoms with Gasteiger partial charge in [-0.05, 0) is 172 Å². The van der Waals surface area contributed by atoms with Crippen LogP contribution in [-0.4, -0.2) is 70.4 Å². The molecule has 4 rings (SSSR count). The van der Waals surface area contributed by atoms with E-state index < -0.39 is 17.3 Å². The Balaban J connectivity index is 1.22. The van der Waals surface area contributed by atoms with Gasteiger partial charge in [-0.15, -0.1) is 0 Å². The lowest BCUT2D eigenvalue weighted by Gasteiger charge is -2.58. The second-order valence-electron chi connectivity index (χ2n) is 23.6. The molecule has 0 heterocycles. The number of carbonyl (C=O) groups excluding carboxylic acids is 3. The Bertz CT molecular complexity index is 1470. The Labute approximate surface area is 394 Å². The molecule has 0 radical (unpaired) electrons. The Morgan fingerprint density at radius 1 is 0.746 bits per heavy atom. The van der Waals surface area contributed by atoms with Gasteiger partial charge in [0.05, 0.1) is 0 Å². The maximum absolute atomic E-state index is 13.8. The van der Waals surface area contributed by atoms with Crippen LogP contribution in [0.1, 0.15) is 212 Å². The molecule has 364 valence electrons. The monoisotopic (exact) mass is 918 g/mol. The molecule has 3 amide bonds. The summed E-state index contributed by atoms with van der Waals surface area (Å²) in [6.07, 6.45) is 24.5. The van der Waals surface area contributed by atoms with Gasteiger partial charge in [-0.3, -0.25) is 4.79 Å². The molecular weight excluding hydrogens is 823 g/mol. The number of hydrogen-bond acceptors (Lipinski definition) is 7. The molecule has 3 saturated carbocycles. The number of nitrogens with zero attached hydrogens (tertiary/aromatic N) is 1. The third-order valence-electron chi connectivity index (χ3n) is 15.6. The Hall–Kier alpha value is -1.55. The standard InChI is InChI=1S/C53H95N3O5S2/c1-37(2)20-19-21-38(3)44-25-26-45-43-24-23-41-36-42(27-31-52(41,12)46(43)28-32-53(44,45)13)63-62-35-30-47(57)56(34-29-40(5)55-49(59)61-51(9,10)11)33-18-16-14-15-17-22-39(4)54-48(58)60-50(6,7)8/h23,37-40,42-46H,14-22,24-36H2,1-13H3,(H,54,58)(H,55,59)/t38-,39?,40?,42+,43+,44?,45?,46?,52+,53-/m1/s1. The van der Waals surface area contributed by atoms with Gasteiger partial charge in [0.1, 0.15) is 11.2 Å². The van der Waals surface area contributed by atoms with Crippen LogP contribution in [0.5, 0.6) is 0 Å². The van der Waals surface area contributed by atoms with Crippen molar-refractivity contribution >= 4 is 39.7 Å². The summed E-state index contributed by atoms with van der Waals surface area (Å²) in [5.41, 5.74) is 1.62. The molecule has 0 bridgehead atoms. The van der Waals surface area contributed by atoms with Gasteiger partial charge < -0.3 is 25.0 Å². The Morgan fingerprint density at radius 3 is 2.03 bits per heavy atom. The smallest absolute Gasteiger partial charge is 0.407 e. The number of ether oxygens (including phenoxy) is 2. The van der Waals surface area contributed by atoms with Gasteiger partial charge in [-0.25, -0.2) is 9.59 Å². The van der Waals surface area contributed by atoms with E-state index in [9.17, 15) is 14.4 Å². The first-order valence-corrected chi connectivity index (χ1v) is 28.1. The molecule has 0 aromatic carbocycles. The molecule has 5 unspecified atom stereocenters. The summed E-state index contributed by atoms with van der Waals surface area (Å²) in [5.74, 6) is 6.27. The summed E-state index contributed by atoms with van der Waals surface area (Å²) in [7, 11) is 3.95. The molecule has 2 N–H and O–H groups in total. The molecule has 0 aliphatic heterocycles. The van der Waals surface area contributed by atoms with E-state index in [1.54, 1.807) is 5.57 Å². The Kier molecular flexibility index (Phi) is 21.0. The van der Waals surface area contributed by atoms with E-state index in [-0.39, 0.29) is 24.1 Å². The fourth-order valence-electron chi connectivity index (χ4n) is 12.3.